The molecule has 0 unspecified atom stereocenters. The van der Waals surface area contributed by atoms with Gasteiger partial charge in [-0.25, -0.2) is 4.68 Å². The van der Waals surface area contributed by atoms with Gasteiger partial charge < -0.3 is 4.74 Å². The summed E-state index contributed by atoms with van der Waals surface area (Å²) in [6, 6.07) is 21.9. The molecule has 4 heteroatoms. The van der Waals surface area contributed by atoms with Gasteiger partial charge in [-0.2, -0.15) is 5.10 Å². The van der Waals surface area contributed by atoms with Gasteiger partial charge in [0.05, 0.1) is 22.4 Å². The Balaban J connectivity index is 1.72. The highest BCUT2D eigenvalue weighted by molar-refractivity contribution is 6.32. The maximum atomic E-state index is 6.33. The number of benzene rings is 3. The van der Waals surface area contributed by atoms with Crippen molar-refractivity contribution < 1.29 is 4.74 Å². The first-order chi connectivity index (χ1) is 12.9. The van der Waals surface area contributed by atoms with Crippen molar-refractivity contribution in [3.63, 3.8) is 0 Å². The molecule has 0 aliphatic rings. The van der Waals surface area contributed by atoms with E-state index in [-0.39, 0.29) is 5.41 Å². The zero-order valence-corrected chi connectivity index (χ0v) is 16.4. The summed E-state index contributed by atoms with van der Waals surface area (Å²) in [5.41, 5.74) is 3.03. The van der Waals surface area contributed by atoms with Crippen molar-refractivity contribution in [3.05, 3.63) is 83.5 Å². The lowest BCUT2D eigenvalue weighted by molar-refractivity contribution is 0.456. The van der Waals surface area contributed by atoms with E-state index in [4.69, 9.17) is 16.3 Å². The summed E-state index contributed by atoms with van der Waals surface area (Å²) in [4.78, 5) is 0. The van der Waals surface area contributed by atoms with Gasteiger partial charge in [0.1, 0.15) is 11.5 Å². The van der Waals surface area contributed by atoms with E-state index in [0.717, 1.165) is 28.1 Å². The lowest BCUT2D eigenvalue weighted by Gasteiger charge is -2.22. The van der Waals surface area contributed by atoms with E-state index in [2.05, 4.69) is 31.9 Å². The molecule has 0 saturated carbocycles. The van der Waals surface area contributed by atoms with Crippen LogP contribution in [0, 0.1) is 0 Å². The minimum Gasteiger partial charge on any atom is -0.457 e. The van der Waals surface area contributed by atoms with Crippen LogP contribution in [0.15, 0.2) is 72.9 Å². The number of hydrogen-bond acceptors (Lipinski definition) is 2. The molecular weight excluding hydrogens is 356 g/mol. The smallest absolute Gasteiger partial charge is 0.131 e. The second-order valence-electron chi connectivity index (χ2n) is 7.58. The molecule has 0 aliphatic carbocycles. The standard InChI is InChI=1S/C23H21ClN2O/c1-23(2,3)18-8-4-7-11-22(18)27-17-12-13-20-16(14-17)15-25-26(20)21-10-6-5-9-19(21)24/h4-15H,1-3H3. The van der Waals surface area contributed by atoms with E-state index in [9.17, 15) is 0 Å². The van der Waals surface area contributed by atoms with Crippen LogP contribution in [0.2, 0.25) is 5.02 Å². The van der Waals surface area contributed by atoms with Gasteiger partial charge in [-0.05, 0) is 41.8 Å². The van der Waals surface area contributed by atoms with Gasteiger partial charge in [-0.1, -0.05) is 62.7 Å². The van der Waals surface area contributed by atoms with Gasteiger partial charge in [0.15, 0.2) is 0 Å². The average Bonchev–Trinajstić information content (AvgIpc) is 3.05. The summed E-state index contributed by atoms with van der Waals surface area (Å²) in [5.74, 6) is 1.67. The third-order valence-electron chi connectivity index (χ3n) is 4.54. The Bertz CT molecular complexity index is 1110. The van der Waals surface area contributed by atoms with Crippen LogP contribution in [-0.2, 0) is 5.41 Å². The molecule has 1 heterocycles. The second-order valence-corrected chi connectivity index (χ2v) is 7.98. The van der Waals surface area contributed by atoms with Crippen molar-refractivity contribution in [2.24, 2.45) is 0 Å². The number of nitrogens with zero attached hydrogens (tertiary/aromatic N) is 2. The second kappa shape index (κ2) is 6.75. The maximum Gasteiger partial charge on any atom is 0.131 e. The fourth-order valence-electron chi connectivity index (χ4n) is 3.19. The minimum atomic E-state index is 0.00956. The summed E-state index contributed by atoms with van der Waals surface area (Å²) in [6.07, 6.45) is 1.83. The Kier molecular flexibility index (Phi) is 4.40. The van der Waals surface area contributed by atoms with Crippen molar-refractivity contribution in [1.82, 2.24) is 9.78 Å². The van der Waals surface area contributed by atoms with Gasteiger partial charge in [0.2, 0.25) is 0 Å². The van der Waals surface area contributed by atoms with Crippen LogP contribution in [0.5, 0.6) is 11.5 Å². The molecule has 4 rings (SSSR count). The molecular formula is C23H21ClN2O. The number of aromatic nitrogens is 2. The number of hydrogen-bond donors (Lipinski definition) is 0. The summed E-state index contributed by atoms with van der Waals surface area (Å²) in [6.45, 7) is 6.56. The molecule has 0 radical (unpaired) electrons. The highest BCUT2D eigenvalue weighted by atomic mass is 35.5. The molecule has 0 atom stereocenters. The van der Waals surface area contributed by atoms with E-state index in [0.29, 0.717) is 5.02 Å². The van der Waals surface area contributed by atoms with Gasteiger partial charge >= 0.3 is 0 Å². The number of fused-ring (bicyclic) bond motifs is 1. The number of para-hydroxylation sites is 2. The highest BCUT2D eigenvalue weighted by Gasteiger charge is 2.19. The summed E-state index contributed by atoms with van der Waals surface area (Å²) in [5, 5.41) is 6.18. The van der Waals surface area contributed by atoms with Crippen LogP contribution in [0.25, 0.3) is 16.6 Å². The molecule has 0 saturated heterocycles. The first-order valence-electron chi connectivity index (χ1n) is 8.93. The van der Waals surface area contributed by atoms with Crippen LogP contribution in [0.1, 0.15) is 26.3 Å². The first-order valence-corrected chi connectivity index (χ1v) is 9.31. The van der Waals surface area contributed by atoms with Gasteiger partial charge in [-0.15, -0.1) is 0 Å². The fourth-order valence-corrected chi connectivity index (χ4v) is 3.41. The Morgan fingerprint density at radius 3 is 2.44 bits per heavy atom. The van der Waals surface area contributed by atoms with Crippen molar-refractivity contribution in [1.29, 1.82) is 0 Å². The van der Waals surface area contributed by atoms with Gasteiger partial charge in [0.25, 0.3) is 0 Å². The third kappa shape index (κ3) is 3.43. The number of rotatable bonds is 3. The molecule has 0 amide bonds. The Morgan fingerprint density at radius 2 is 1.67 bits per heavy atom. The molecule has 0 aliphatic heterocycles. The molecule has 3 nitrogen and oxygen atoms in total. The Morgan fingerprint density at radius 1 is 0.926 bits per heavy atom. The number of halogens is 1. The molecule has 0 fully saturated rings. The lowest BCUT2D eigenvalue weighted by atomic mass is 9.86. The van der Waals surface area contributed by atoms with Crippen LogP contribution < -0.4 is 4.74 Å². The van der Waals surface area contributed by atoms with Gasteiger partial charge in [-0.3, -0.25) is 0 Å². The van der Waals surface area contributed by atoms with E-state index < -0.39 is 0 Å². The fraction of sp³-hybridized carbons (Fsp3) is 0.174. The van der Waals surface area contributed by atoms with E-state index in [1.165, 1.54) is 5.56 Å². The van der Waals surface area contributed by atoms with Crippen LogP contribution in [0.3, 0.4) is 0 Å². The average molecular weight is 377 g/mol. The first kappa shape index (κ1) is 17.6. The molecule has 27 heavy (non-hydrogen) atoms. The Labute approximate surface area is 164 Å². The van der Waals surface area contributed by atoms with E-state index in [1.54, 1.807) is 0 Å². The molecule has 0 bridgehead atoms. The monoisotopic (exact) mass is 376 g/mol. The van der Waals surface area contributed by atoms with Crippen molar-refractivity contribution >= 4 is 22.5 Å². The van der Waals surface area contributed by atoms with Crippen molar-refractivity contribution in [3.8, 4) is 17.2 Å². The lowest BCUT2D eigenvalue weighted by Crippen LogP contribution is -2.12. The normalized spacial score (nSPS) is 11.7. The highest BCUT2D eigenvalue weighted by Crippen LogP contribution is 2.35. The molecule has 3 aromatic carbocycles. The predicted molar refractivity (Wildman–Crippen MR) is 111 cm³/mol. The van der Waals surface area contributed by atoms with Crippen LogP contribution in [0.4, 0.5) is 0 Å². The van der Waals surface area contributed by atoms with E-state index in [1.807, 2.05) is 71.5 Å². The molecule has 1 aromatic heterocycles. The largest absolute Gasteiger partial charge is 0.457 e. The zero-order chi connectivity index (χ0) is 19.0. The maximum absolute atomic E-state index is 6.33. The van der Waals surface area contributed by atoms with Crippen molar-refractivity contribution in [2.45, 2.75) is 26.2 Å². The predicted octanol–water partition coefficient (Wildman–Crippen LogP) is 6.77. The molecule has 4 aromatic rings. The number of ether oxygens (including phenoxy) is 1. The molecule has 0 N–H and O–H groups in total. The summed E-state index contributed by atoms with van der Waals surface area (Å²) < 4.78 is 8.07. The Hall–Kier alpha value is -2.78. The summed E-state index contributed by atoms with van der Waals surface area (Å²) >= 11 is 6.33. The summed E-state index contributed by atoms with van der Waals surface area (Å²) in [7, 11) is 0. The zero-order valence-electron chi connectivity index (χ0n) is 15.6. The minimum absolute atomic E-state index is 0.00956. The van der Waals surface area contributed by atoms with Crippen molar-refractivity contribution in [2.75, 3.05) is 0 Å². The van der Waals surface area contributed by atoms with Gasteiger partial charge in [0, 0.05) is 10.9 Å². The molecule has 0 spiro atoms. The van der Waals surface area contributed by atoms with Crippen LogP contribution in [-0.4, -0.2) is 9.78 Å². The SMILES string of the molecule is CC(C)(C)c1ccccc1Oc1ccc2c(cnn2-c2ccccc2Cl)c1. The topological polar surface area (TPSA) is 27.1 Å². The van der Waals surface area contributed by atoms with Crippen LogP contribution >= 0.6 is 11.6 Å². The molecule has 136 valence electrons. The quantitative estimate of drug-likeness (QED) is 0.394. The van der Waals surface area contributed by atoms with E-state index >= 15 is 0 Å². The third-order valence-corrected chi connectivity index (χ3v) is 4.86.